The van der Waals surface area contributed by atoms with E-state index in [1.807, 2.05) is 13.8 Å². The number of anilines is 1. The van der Waals surface area contributed by atoms with Gasteiger partial charge in [-0.3, -0.25) is 19.1 Å². The number of amides is 1. The maximum absolute atomic E-state index is 13.5. The second-order valence-electron chi connectivity index (χ2n) is 8.18. The number of aromatic nitrogens is 2. The van der Waals surface area contributed by atoms with E-state index in [1.54, 1.807) is 31.2 Å². The molecule has 0 saturated carbocycles. The maximum atomic E-state index is 13.5. The van der Waals surface area contributed by atoms with E-state index in [4.69, 9.17) is 9.72 Å². The third kappa shape index (κ3) is 4.84. The van der Waals surface area contributed by atoms with Crippen LogP contribution in [0.3, 0.4) is 0 Å². The summed E-state index contributed by atoms with van der Waals surface area (Å²) in [4.78, 5) is 47.6. The van der Waals surface area contributed by atoms with E-state index in [2.05, 4.69) is 10.2 Å². The summed E-state index contributed by atoms with van der Waals surface area (Å²) in [5.41, 5.74) is 1.33. The molecule has 3 aromatic rings. The number of rotatable bonds is 7. The molecule has 9 heteroatoms. The molecular weight excluding hydrogens is 440 g/mol. The Labute approximate surface area is 196 Å². The number of carbonyl (C=O) groups excluding carboxylic acids is 2. The number of hydrogen-bond donors (Lipinski definition) is 1. The minimum absolute atomic E-state index is 0.184. The first-order chi connectivity index (χ1) is 15.9. The Bertz CT molecular complexity index is 1260. The molecule has 1 saturated heterocycles. The molecule has 0 radical (unpaired) electrons. The molecule has 0 bridgehead atoms. The Kier molecular flexibility index (Phi) is 6.90. The lowest BCUT2D eigenvalue weighted by Gasteiger charge is -2.18. The summed E-state index contributed by atoms with van der Waals surface area (Å²) in [5.74, 6) is -0.320. The van der Waals surface area contributed by atoms with Gasteiger partial charge >= 0.3 is 5.97 Å². The number of hydrogen-bond acceptors (Lipinski definition) is 7. The van der Waals surface area contributed by atoms with Gasteiger partial charge in [0.25, 0.3) is 5.56 Å². The van der Waals surface area contributed by atoms with Gasteiger partial charge in [0.15, 0.2) is 0 Å². The third-order valence-electron chi connectivity index (χ3n) is 5.93. The van der Waals surface area contributed by atoms with Gasteiger partial charge < -0.3 is 10.1 Å². The molecule has 174 valence electrons. The van der Waals surface area contributed by atoms with Gasteiger partial charge in [-0.2, -0.15) is 0 Å². The summed E-state index contributed by atoms with van der Waals surface area (Å²) < 4.78 is 6.56. The van der Waals surface area contributed by atoms with Gasteiger partial charge in [-0.05, 0) is 64.4 Å². The molecule has 1 amide bonds. The number of thiophene rings is 1. The molecule has 1 N–H and O–H groups in total. The van der Waals surface area contributed by atoms with Crippen LogP contribution in [-0.4, -0.2) is 46.0 Å². The lowest BCUT2D eigenvalue weighted by atomic mass is 10.2. The molecule has 33 heavy (non-hydrogen) atoms. The molecule has 1 aliphatic heterocycles. The van der Waals surface area contributed by atoms with Crippen LogP contribution in [-0.2, 0) is 22.6 Å². The number of nitrogens with zero attached hydrogens (tertiary/aromatic N) is 3. The molecule has 4 rings (SSSR count). The van der Waals surface area contributed by atoms with Crippen LogP contribution < -0.4 is 10.9 Å². The lowest BCUT2D eigenvalue weighted by Crippen LogP contribution is -2.34. The summed E-state index contributed by atoms with van der Waals surface area (Å²) >= 11 is 1.51. The standard InChI is InChI=1S/C24H28N4O4S/c1-4-32-24(31)17-9-5-6-10-18(17)25-20(29)14-28-19(13-27-11-7-8-12-27)26-22-21(23(28)30)15(2)16(3)33-22/h5-6,9-10H,4,7-8,11-14H2,1-3H3,(H,25,29). The molecule has 1 aromatic carbocycles. The molecule has 3 heterocycles. The van der Waals surface area contributed by atoms with Crippen LogP contribution >= 0.6 is 11.3 Å². The van der Waals surface area contributed by atoms with E-state index in [0.29, 0.717) is 28.3 Å². The summed E-state index contributed by atoms with van der Waals surface area (Å²) in [5, 5.41) is 3.35. The number of carbonyl (C=O) groups is 2. The Hall–Kier alpha value is -3.04. The largest absolute Gasteiger partial charge is 0.462 e. The zero-order valence-corrected chi connectivity index (χ0v) is 20.0. The van der Waals surface area contributed by atoms with Crippen LogP contribution in [0.1, 0.15) is 46.4 Å². The van der Waals surface area contributed by atoms with E-state index in [9.17, 15) is 14.4 Å². The molecular formula is C24H28N4O4S. The highest BCUT2D eigenvalue weighted by molar-refractivity contribution is 7.18. The first-order valence-electron chi connectivity index (χ1n) is 11.2. The quantitative estimate of drug-likeness (QED) is 0.534. The monoisotopic (exact) mass is 468 g/mol. The minimum atomic E-state index is -0.507. The van der Waals surface area contributed by atoms with Crippen molar-refractivity contribution in [3.63, 3.8) is 0 Å². The van der Waals surface area contributed by atoms with Gasteiger partial charge in [-0.15, -0.1) is 11.3 Å². The minimum Gasteiger partial charge on any atom is -0.462 e. The van der Waals surface area contributed by atoms with Crippen molar-refractivity contribution >= 4 is 39.1 Å². The first-order valence-corrected chi connectivity index (χ1v) is 12.0. The smallest absolute Gasteiger partial charge is 0.340 e. The van der Waals surface area contributed by atoms with E-state index in [1.165, 1.54) is 15.9 Å². The van der Waals surface area contributed by atoms with Crippen molar-refractivity contribution in [1.29, 1.82) is 0 Å². The maximum Gasteiger partial charge on any atom is 0.340 e. The number of benzene rings is 1. The van der Waals surface area contributed by atoms with Gasteiger partial charge in [0.05, 0.1) is 29.8 Å². The van der Waals surface area contributed by atoms with Crippen LogP contribution in [0, 0.1) is 13.8 Å². The topological polar surface area (TPSA) is 93.5 Å². The average Bonchev–Trinajstić information content (AvgIpc) is 3.39. The molecule has 1 aliphatic rings. The third-order valence-corrected chi connectivity index (χ3v) is 7.03. The predicted octanol–water partition coefficient (Wildman–Crippen LogP) is 3.49. The number of ether oxygens (including phenoxy) is 1. The van der Waals surface area contributed by atoms with Crippen molar-refractivity contribution in [3.05, 3.63) is 56.4 Å². The number of esters is 1. The van der Waals surface area contributed by atoms with Gasteiger partial charge in [-0.25, -0.2) is 9.78 Å². The van der Waals surface area contributed by atoms with Crippen LogP contribution in [0.2, 0.25) is 0 Å². The molecule has 0 aliphatic carbocycles. The zero-order valence-electron chi connectivity index (χ0n) is 19.1. The second-order valence-corrected chi connectivity index (χ2v) is 9.38. The molecule has 0 unspecified atom stereocenters. The van der Waals surface area contributed by atoms with Crippen LogP contribution in [0.5, 0.6) is 0 Å². The fraction of sp³-hybridized carbons (Fsp3) is 0.417. The number of fused-ring (bicyclic) bond motifs is 1. The van der Waals surface area contributed by atoms with Crippen molar-refractivity contribution in [1.82, 2.24) is 14.5 Å². The summed E-state index contributed by atoms with van der Waals surface area (Å²) in [6, 6.07) is 6.68. The number of aryl methyl sites for hydroxylation is 2. The fourth-order valence-corrected chi connectivity index (χ4v) is 5.14. The normalized spacial score (nSPS) is 14.0. The summed E-state index contributed by atoms with van der Waals surface area (Å²) in [6.07, 6.45) is 2.24. The summed E-state index contributed by atoms with van der Waals surface area (Å²) in [6.45, 7) is 8.10. The average molecular weight is 469 g/mol. The molecule has 8 nitrogen and oxygen atoms in total. The zero-order chi connectivity index (χ0) is 23.5. The van der Waals surface area contributed by atoms with E-state index in [0.717, 1.165) is 36.4 Å². The van der Waals surface area contributed by atoms with E-state index < -0.39 is 11.9 Å². The van der Waals surface area contributed by atoms with Crippen molar-refractivity contribution < 1.29 is 14.3 Å². The van der Waals surface area contributed by atoms with E-state index >= 15 is 0 Å². The Morgan fingerprint density at radius 1 is 1.18 bits per heavy atom. The van der Waals surface area contributed by atoms with Crippen LogP contribution in [0.25, 0.3) is 10.2 Å². The highest BCUT2D eigenvalue weighted by Gasteiger charge is 2.22. The Balaban J connectivity index is 1.67. The van der Waals surface area contributed by atoms with Crippen molar-refractivity contribution in [2.24, 2.45) is 0 Å². The predicted molar refractivity (Wildman–Crippen MR) is 129 cm³/mol. The van der Waals surface area contributed by atoms with Gasteiger partial charge in [-0.1, -0.05) is 12.1 Å². The number of para-hydroxylation sites is 1. The molecule has 0 spiro atoms. The van der Waals surface area contributed by atoms with Crippen molar-refractivity contribution in [2.75, 3.05) is 25.0 Å². The molecule has 2 aromatic heterocycles. The Morgan fingerprint density at radius 3 is 2.64 bits per heavy atom. The number of likely N-dealkylation sites (tertiary alicyclic amines) is 1. The van der Waals surface area contributed by atoms with Crippen LogP contribution in [0.4, 0.5) is 5.69 Å². The van der Waals surface area contributed by atoms with Crippen molar-refractivity contribution in [3.8, 4) is 0 Å². The summed E-state index contributed by atoms with van der Waals surface area (Å²) in [7, 11) is 0. The fourth-order valence-electron chi connectivity index (χ4n) is 4.11. The lowest BCUT2D eigenvalue weighted by molar-refractivity contribution is -0.116. The van der Waals surface area contributed by atoms with Gasteiger partial charge in [0.1, 0.15) is 17.2 Å². The van der Waals surface area contributed by atoms with E-state index in [-0.39, 0.29) is 24.3 Å². The highest BCUT2D eigenvalue weighted by atomic mass is 32.1. The molecule has 1 fully saturated rings. The van der Waals surface area contributed by atoms with Gasteiger partial charge in [0, 0.05) is 4.88 Å². The Morgan fingerprint density at radius 2 is 1.91 bits per heavy atom. The van der Waals surface area contributed by atoms with Crippen LogP contribution in [0.15, 0.2) is 29.1 Å². The number of nitrogens with one attached hydrogen (secondary N) is 1. The van der Waals surface area contributed by atoms with Gasteiger partial charge in [0.2, 0.25) is 5.91 Å². The SMILES string of the molecule is CCOC(=O)c1ccccc1NC(=O)Cn1c(CN2CCCC2)nc2sc(C)c(C)c2c1=O. The first kappa shape index (κ1) is 23.1. The van der Waals surface area contributed by atoms with Crippen molar-refractivity contribution in [2.45, 2.75) is 46.7 Å². The molecule has 0 atom stereocenters. The second kappa shape index (κ2) is 9.84. The highest BCUT2D eigenvalue weighted by Crippen LogP contribution is 2.27.